The van der Waals surface area contributed by atoms with Crippen molar-refractivity contribution in [2.24, 2.45) is 0 Å². The molecule has 0 atom stereocenters. The molecule has 2 aromatic rings. The molecule has 0 radical (unpaired) electrons. The van der Waals surface area contributed by atoms with Gasteiger partial charge in [0.05, 0.1) is 12.7 Å². The molecule has 1 N–H and O–H groups in total. The van der Waals surface area contributed by atoms with E-state index in [2.05, 4.69) is 27.3 Å². The van der Waals surface area contributed by atoms with Crippen molar-refractivity contribution in [1.82, 2.24) is 4.98 Å². The standard InChI is InChI=1S/C12H14ClN3S/c1-16(2)10-5-3-4-9(6-10)14-8-12-15-7-11(13)17-12/h3-7,14H,8H2,1-2H3. The lowest BCUT2D eigenvalue weighted by Crippen LogP contribution is -2.09. The summed E-state index contributed by atoms with van der Waals surface area (Å²) in [5.41, 5.74) is 2.26. The monoisotopic (exact) mass is 267 g/mol. The average Bonchev–Trinajstić information content (AvgIpc) is 2.73. The number of nitrogens with zero attached hydrogens (tertiary/aromatic N) is 2. The number of hydrogen-bond acceptors (Lipinski definition) is 4. The van der Waals surface area contributed by atoms with Gasteiger partial charge in [0.15, 0.2) is 0 Å². The van der Waals surface area contributed by atoms with Crippen LogP contribution in [-0.2, 0) is 6.54 Å². The Kier molecular flexibility index (Phi) is 3.86. The highest BCUT2D eigenvalue weighted by molar-refractivity contribution is 7.15. The summed E-state index contributed by atoms with van der Waals surface area (Å²) >= 11 is 7.33. The SMILES string of the molecule is CN(C)c1cccc(NCc2ncc(Cl)s2)c1. The summed E-state index contributed by atoms with van der Waals surface area (Å²) in [4.78, 5) is 6.28. The highest BCUT2D eigenvalue weighted by Gasteiger charge is 2.01. The molecular weight excluding hydrogens is 254 g/mol. The van der Waals surface area contributed by atoms with Crippen LogP contribution in [0.1, 0.15) is 5.01 Å². The van der Waals surface area contributed by atoms with Crippen LogP contribution in [0.15, 0.2) is 30.5 Å². The summed E-state index contributed by atoms with van der Waals surface area (Å²) in [5, 5.41) is 4.32. The third-order valence-electron chi connectivity index (χ3n) is 2.33. The number of halogens is 1. The van der Waals surface area contributed by atoms with Gasteiger partial charge in [0, 0.05) is 25.5 Å². The maximum atomic E-state index is 5.83. The second kappa shape index (κ2) is 5.38. The van der Waals surface area contributed by atoms with E-state index in [9.17, 15) is 0 Å². The van der Waals surface area contributed by atoms with E-state index in [-0.39, 0.29) is 0 Å². The van der Waals surface area contributed by atoms with Crippen LogP contribution in [0.4, 0.5) is 11.4 Å². The number of hydrogen-bond donors (Lipinski definition) is 1. The van der Waals surface area contributed by atoms with Crippen molar-refractivity contribution < 1.29 is 0 Å². The maximum absolute atomic E-state index is 5.83. The van der Waals surface area contributed by atoms with Crippen molar-refractivity contribution in [2.75, 3.05) is 24.3 Å². The van der Waals surface area contributed by atoms with Crippen molar-refractivity contribution in [2.45, 2.75) is 6.54 Å². The van der Waals surface area contributed by atoms with Crippen LogP contribution in [0.25, 0.3) is 0 Å². The first-order chi connectivity index (χ1) is 8.15. The van der Waals surface area contributed by atoms with Crippen molar-refractivity contribution >= 4 is 34.3 Å². The first kappa shape index (κ1) is 12.2. The Balaban J connectivity index is 2.01. The van der Waals surface area contributed by atoms with E-state index in [0.717, 1.165) is 15.0 Å². The van der Waals surface area contributed by atoms with Crippen molar-refractivity contribution in [1.29, 1.82) is 0 Å². The maximum Gasteiger partial charge on any atom is 0.113 e. The van der Waals surface area contributed by atoms with E-state index in [1.54, 1.807) is 6.20 Å². The van der Waals surface area contributed by atoms with E-state index >= 15 is 0 Å². The number of benzene rings is 1. The van der Waals surface area contributed by atoms with Gasteiger partial charge in [-0.2, -0.15) is 0 Å². The van der Waals surface area contributed by atoms with E-state index in [1.807, 2.05) is 26.2 Å². The Morgan fingerprint density at radius 3 is 2.88 bits per heavy atom. The molecule has 5 heteroatoms. The zero-order chi connectivity index (χ0) is 12.3. The molecule has 0 amide bonds. The molecular formula is C12H14ClN3S. The van der Waals surface area contributed by atoms with Gasteiger partial charge in [0.2, 0.25) is 0 Å². The van der Waals surface area contributed by atoms with Crippen LogP contribution in [0.2, 0.25) is 4.34 Å². The molecule has 0 aliphatic rings. The van der Waals surface area contributed by atoms with Crippen LogP contribution < -0.4 is 10.2 Å². The Bertz CT molecular complexity index is 496. The third-order valence-corrected chi connectivity index (χ3v) is 3.45. The lowest BCUT2D eigenvalue weighted by molar-refractivity contribution is 1.10. The molecule has 1 heterocycles. The molecule has 2 rings (SSSR count). The molecule has 0 fully saturated rings. The fourth-order valence-corrected chi connectivity index (χ4v) is 2.34. The molecule has 1 aromatic heterocycles. The minimum Gasteiger partial charge on any atom is -0.378 e. The van der Waals surface area contributed by atoms with Crippen LogP contribution in [-0.4, -0.2) is 19.1 Å². The Hall–Kier alpha value is -1.26. The van der Waals surface area contributed by atoms with Gasteiger partial charge in [0.1, 0.15) is 9.34 Å². The van der Waals surface area contributed by atoms with Gasteiger partial charge in [-0.25, -0.2) is 4.98 Å². The quantitative estimate of drug-likeness (QED) is 0.919. The summed E-state index contributed by atoms with van der Waals surface area (Å²) in [6.45, 7) is 0.703. The van der Waals surface area contributed by atoms with Gasteiger partial charge in [0.25, 0.3) is 0 Å². The van der Waals surface area contributed by atoms with Crippen molar-refractivity contribution in [3.63, 3.8) is 0 Å². The summed E-state index contributed by atoms with van der Waals surface area (Å²) < 4.78 is 0.726. The van der Waals surface area contributed by atoms with Gasteiger partial charge in [-0.15, -0.1) is 11.3 Å². The van der Waals surface area contributed by atoms with E-state index in [1.165, 1.54) is 17.0 Å². The highest BCUT2D eigenvalue weighted by atomic mass is 35.5. The Morgan fingerprint density at radius 1 is 1.41 bits per heavy atom. The molecule has 0 bridgehead atoms. The van der Waals surface area contributed by atoms with E-state index in [0.29, 0.717) is 6.54 Å². The minimum atomic E-state index is 0.703. The van der Waals surface area contributed by atoms with Crippen molar-refractivity contribution in [3.05, 3.63) is 39.8 Å². The summed E-state index contributed by atoms with van der Waals surface area (Å²) in [6, 6.07) is 8.26. The van der Waals surface area contributed by atoms with Crippen LogP contribution in [0.3, 0.4) is 0 Å². The molecule has 0 saturated heterocycles. The van der Waals surface area contributed by atoms with Crippen LogP contribution in [0.5, 0.6) is 0 Å². The number of nitrogens with one attached hydrogen (secondary N) is 1. The number of thiazole rings is 1. The fourth-order valence-electron chi connectivity index (χ4n) is 1.44. The average molecular weight is 268 g/mol. The van der Waals surface area contributed by atoms with Gasteiger partial charge in [-0.05, 0) is 18.2 Å². The lowest BCUT2D eigenvalue weighted by atomic mass is 10.2. The van der Waals surface area contributed by atoms with Gasteiger partial charge >= 0.3 is 0 Å². The highest BCUT2D eigenvalue weighted by Crippen LogP contribution is 2.21. The predicted molar refractivity (Wildman–Crippen MR) is 75.2 cm³/mol. The lowest BCUT2D eigenvalue weighted by Gasteiger charge is -2.14. The summed E-state index contributed by atoms with van der Waals surface area (Å²) in [7, 11) is 4.05. The minimum absolute atomic E-state index is 0.703. The fraction of sp³-hybridized carbons (Fsp3) is 0.250. The van der Waals surface area contributed by atoms with E-state index < -0.39 is 0 Å². The summed E-state index contributed by atoms with van der Waals surface area (Å²) in [5.74, 6) is 0. The molecule has 0 aliphatic carbocycles. The first-order valence-corrected chi connectivity index (χ1v) is 6.46. The largest absolute Gasteiger partial charge is 0.378 e. The third kappa shape index (κ3) is 3.35. The predicted octanol–water partition coefficient (Wildman–Crippen LogP) is 3.47. The topological polar surface area (TPSA) is 28.2 Å². The van der Waals surface area contributed by atoms with Gasteiger partial charge in [-0.3, -0.25) is 0 Å². The van der Waals surface area contributed by atoms with Crippen LogP contribution >= 0.6 is 22.9 Å². The van der Waals surface area contributed by atoms with E-state index in [4.69, 9.17) is 11.6 Å². The molecule has 0 unspecified atom stereocenters. The number of anilines is 2. The zero-order valence-corrected chi connectivity index (χ0v) is 11.3. The zero-order valence-electron chi connectivity index (χ0n) is 9.77. The van der Waals surface area contributed by atoms with Crippen LogP contribution in [0, 0.1) is 0 Å². The molecule has 0 spiro atoms. The molecule has 1 aromatic carbocycles. The number of rotatable bonds is 4. The first-order valence-electron chi connectivity index (χ1n) is 5.26. The Labute approximate surface area is 110 Å². The normalized spacial score (nSPS) is 10.3. The molecule has 3 nitrogen and oxygen atoms in total. The van der Waals surface area contributed by atoms with Crippen molar-refractivity contribution in [3.8, 4) is 0 Å². The molecule has 17 heavy (non-hydrogen) atoms. The summed E-state index contributed by atoms with van der Waals surface area (Å²) in [6.07, 6.45) is 1.68. The van der Waals surface area contributed by atoms with Gasteiger partial charge in [-0.1, -0.05) is 17.7 Å². The van der Waals surface area contributed by atoms with Gasteiger partial charge < -0.3 is 10.2 Å². The Morgan fingerprint density at radius 2 is 2.24 bits per heavy atom. The second-order valence-electron chi connectivity index (χ2n) is 3.86. The number of aromatic nitrogens is 1. The molecule has 0 aliphatic heterocycles. The second-order valence-corrected chi connectivity index (χ2v) is 5.60. The smallest absolute Gasteiger partial charge is 0.113 e. The molecule has 90 valence electrons. The molecule has 0 saturated carbocycles.